The number of aromatic nitrogens is 3. The predicted octanol–water partition coefficient (Wildman–Crippen LogP) is 3.12. The van der Waals surface area contributed by atoms with Gasteiger partial charge in [-0.15, -0.1) is 0 Å². The number of nitrogens with zero attached hydrogens (tertiary/aromatic N) is 4. The summed E-state index contributed by atoms with van der Waals surface area (Å²) in [5, 5.41) is 4.13. The van der Waals surface area contributed by atoms with Crippen LogP contribution in [0.5, 0.6) is 0 Å². The first-order chi connectivity index (χ1) is 11.4. The molecule has 1 atom stereocenters. The van der Waals surface area contributed by atoms with Crippen molar-refractivity contribution < 1.29 is 4.52 Å². The molecule has 3 aromatic rings. The molecule has 1 fully saturated rings. The molecule has 23 heavy (non-hydrogen) atoms. The van der Waals surface area contributed by atoms with Crippen molar-refractivity contribution in [2.45, 2.75) is 18.9 Å². The van der Waals surface area contributed by atoms with Gasteiger partial charge in [-0.25, -0.2) is 0 Å². The largest absolute Gasteiger partial charge is 0.339 e. The van der Waals surface area contributed by atoms with Gasteiger partial charge in [0, 0.05) is 31.0 Å². The quantitative estimate of drug-likeness (QED) is 0.741. The molecule has 1 aromatic carbocycles. The first kappa shape index (κ1) is 14.1. The van der Waals surface area contributed by atoms with E-state index >= 15 is 0 Å². The molecule has 0 amide bonds. The van der Waals surface area contributed by atoms with E-state index in [2.05, 4.69) is 26.1 Å². The molecule has 1 aliphatic rings. The Balaban J connectivity index is 1.43. The monoisotopic (exact) mass is 306 g/mol. The second-order valence-corrected chi connectivity index (χ2v) is 5.90. The number of hydrogen-bond donors (Lipinski definition) is 0. The van der Waals surface area contributed by atoms with Gasteiger partial charge >= 0.3 is 0 Å². The summed E-state index contributed by atoms with van der Waals surface area (Å²) < 4.78 is 5.50. The van der Waals surface area contributed by atoms with Crippen LogP contribution in [0.1, 0.15) is 23.8 Å². The molecular weight excluding hydrogens is 288 g/mol. The van der Waals surface area contributed by atoms with Crippen molar-refractivity contribution in [3.63, 3.8) is 0 Å². The lowest BCUT2D eigenvalue weighted by Crippen LogP contribution is -2.19. The van der Waals surface area contributed by atoms with Crippen molar-refractivity contribution in [1.82, 2.24) is 20.0 Å². The lowest BCUT2D eigenvalue weighted by Gasteiger charge is -2.14. The minimum atomic E-state index is 0.316. The van der Waals surface area contributed by atoms with Gasteiger partial charge < -0.3 is 4.52 Å². The first-order valence-electron chi connectivity index (χ1n) is 7.89. The second-order valence-electron chi connectivity index (χ2n) is 5.90. The van der Waals surface area contributed by atoms with E-state index in [9.17, 15) is 0 Å². The summed E-state index contributed by atoms with van der Waals surface area (Å²) >= 11 is 0. The smallest absolute Gasteiger partial charge is 0.231 e. The Labute approximate surface area is 135 Å². The van der Waals surface area contributed by atoms with Gasteiger partial charge in [-0.05, 0) is 24.6 Å². The molecule has 0 N–H and O–H groups in total. The van der Waals surface area contributed by atoms with Crippen molar-refractivity contribution in [3.05, 3.63) is 66.3 Å². The van der Waals surface area contributed by atoms with Crippen molar-refractivity contribution in [3.8, 4) is 11.4 Å². The van der Waals surface area contributed by atoms with E-state index < -0.39 is 0 Å². The molecule has 5 nitrogen and oxygen atoms in total. The third-order valence-corrected chi connectivity index (χ3v) is 4.22. The third-order valence-electron chi connectivity index (χ3n) is 4.22. The second kappa shape index (κ2) is 6.30. The summed E-state index contributed by atoms with van der Waals surface area (Å²) in [6.07, 6.45) is 4.78. The SMILES string of the molecule is c1ccc(-c2noc([C@H]3CCN(Cc4cccnc4)C3)n2)cc1. The van der Waals surface area contributed by atoms with Gasteiger partial charge in [0.1, 0.15) is 0 Å². The van der Waals surface area contributed by atoms with E-state index in [-0.39, 0.29) is 0 Å². The van der Waals surface area contributed by atoms with Crippen molar-refractivity contribution in [2.75, 3.05) is 13.1 Å². The summed E-state index contributed by atoms with van der Waals surface area (Å²) in [4.78, 5) is 11.2. The van der Waals surface area contributed by atoms with Crippen LogP contribution in [0.3, 0.4) is 0 Å². The number of benzene rings is 1. The molecule has 0 bridgehead atoms. The van der Waals surface area contributed by atoms with E-state index in [0.717, 1.165) is 37.5 Å². The summed E-state index contributed by atoms with van der Waals surface area (Å²) in [6.45, 7) is 2.91. The Morgan fingerprint density at radius 2 is 2.04 bits per heavy atom. The lowest BCUT2D eigenvalue weighted by atomic mass is 10.1. The molecule has 3 heterocycles. The molecule has 0 aliphatic carbocycles. The van der Waals surface area contributed by atoms with Gasteiger partial charge in [-0.1, -0.05) is 41.6 Å². The Morgan fingerprint density at radius 3 is 2.87 bits per heavy atom. The van der Waals surface area contributed by atoms with Gasteiger partial charge in [0.15, 0.2) is 0 Å². The molecular formula is C18H18N4O. The highest BCUT2D eigenvalue weighted by Crippen LogP contribution is 2.28. The van der Waals surface area contributed by atoms with E-state index in [1.54, 1.807) is 6.20 Å². The van der Waals surface area contributed by atoms with E-state index in [1.807, 2.05) is 42.6 Å². The summed E-state index contributed by atoms with van der Waals surface area (Å²) in [5.74, 6) is 1.74. The molecule has 0 radical (unpaired) electrons. The Bertz CT molecular complexity index is 757. The molecule has 4 rings (SSSR count). The Kier molecular flexibility index (Phi) is 3.86. The summed E-state index contributed by atoms with van der Waals surface area (Å²) in [5.41, 5.74) is 2.23. The molecule has 1 aliphatic heterocycles. The van der Waals surface area contributed by atoms with Gasteiger partial charge in [-0.2, -0.15) is 4.98 Å². The average molecular weight is 306 g/mol. The molecule has 0 spiro atoms. The Morgan fingerprint density at radius 1 is 1.13 bits per heavy atom. The molecule has 116 valence electrons. The van der Waals surface area contributed by atoms with Gasteiger partial charge in [0.25, 0.3) is 0 Å². The molecule has 2 aromatic heterocycles. The van der Waals surface area contributed by atoms with Crippen LogP contribution in [0.4, 0.5) is 0 Å². The van der Waals surface area contributed by atoms with Crippen LogP contribution in [0, 0.1) is 0 Å². The van der Waals surface area contributed by atoms with E-state index in [4.69, 9.17) is 4.52 Å². The van der Waals surface area contributed by atoms with Crippen LogP contribution >= 0.6 is 0 Å². The van der Waals surface area contributed by atoms with Crippen LogP contribution < -0.4 is 0 Å². The summed E-state index contributed by atoms with van der Waals surface area (Å²) in [7, 11) is 0. The normalized spacial score (nSPS) is 18.3. The number of hydrogen-bond acceptors (Lipinski definition) is 5. The van der Waals surface area contributed by atoms with E-state index in [0.29, 0.717) is 11.7 Å². The molecule has 0 unspecified atom stereocenters. The maximum Gasteiger partial charge on any atom is 0.231 e. The van der Waals surface area contributed by atoms with E-state index in [1.165, 1.54) is 5.56 Å². The van der Waals surface area contributed by atoms with Gasteiger partial charge in [0.05, 0.1) is 5.92 Å². The number of rotatable bonds is 4. The zero-order chi connectivity index (χ0) is 15.5. The van der Waals surface area contributed by atoms with Crippen LogP contribution in [-0.4, -0.2) is 33.1 Å². The fourth-order valence-corrected chi connectivity index (χ4v) is 3.03. The molecule has 0 saturated carbocycles. The number of likely N-dealkylation sites (tertiary alicyclic amines) is 1. The predicted molar refractivity (Wildman–Crippen MR) is 86.6 cm³/mol. The fraction of sp³-hybridized carbons (Fsp3) is 0.278. The van der Waals surface area contributed by atoms with Crippen LogP contribution in [-0.2, 0) is 6.54 Å². The zero-order valence-electron chi connectivity index (χ0n) is 12.8. The minimum Gasteiger partial charge on any atom is -0.339 e. The van der Waals surface area contributed by atoms with Gasteiger partial charge in [0.2, 0.25) is 11.7 Å². The van der Waals surface area contributed by atoms with Crippen molar-refractivity contribution in [2.24, 2.45) is 0 Å². The highest BCUT2D eigenvalue weighted by molar-refractivity contribution is 5.53. The summed E-state index contributed by atoms with van der Waals surface area (Å²) in [6, 6.07) is 14.0. The molecule has 5 heteroatoms. The third kappa shape index (κ3) is 3.14. The maximum absolute atomic E-state index is 5.50. The highest BCUT2D eigenvalue weighted by Gasteiger charge is 2.28. The first-order valence-corrected chi connectivity index (χ1v) is 7.89. The highest BCUT2D eigenvalue weighted by atomic mass is 16.5. The average Bonchev–Trinajstić information content (AvgIpc) is 3.26. The van der Waals surface area contributed by atoms with Crippen LogP contribution in [0.2, 0.25) is 0 Å². The minimum absolute atomic E-state index is 0.316. The topological polar surface area (TPSA) is 55.1 Å². The van der Waals surface area contributed by atoms with Crippen molar-refractivity contribution >= 4 is 0 Å². The number of pyridine rings is 1. The lowest BCUT2D eigenvalue weighted by molar-refractivity contribution is 0.309. The maximum atomic E-state index is 5.50. The standard InChI is InChI=1S/C18H18N4O/c1-2-6-15(7-3-1)17-20-18(23-21-17)16-8-10-22(13-16)12-14-5-4-9-19-11-14/h1-7,9,11,16H,8,10,12-13H2/t16-/m0/s1. The van der Waals surface area contributed by atoms with Crippen LogP contribution in [0.15, 0.2) is 59.4 Å². The zero-order valence-corrected chi connectivity index (χ0v) is 12.8. The molecule has 1 saturated heterocycles. The Hall–Kier alpha value is -2.53. The van der Waals surface area contributed by atoms with Gasteiger partial charge in [-0.3, -0.25) is 9.88 Å². The fourth-order valence-electron chi connectivity index (χ4n) is 3.03. The van der Waals surface area contributed by atoms with Crippen molar-refractivity contribution in [1.29, 1.82) is 0 Å². The van der Waals surface area contributed by atoms with Crippen LogP contribution in [0.25, 0.3) is 11.4 Å².